The molecular formula is C11H15BrN2O2. The number of amides is 1. The largest absolute Gasteiger partial charge is 0.383 e. The quantitative estimate of drug-likeness (QED) is 0.885. The van der Waals surface area contributed by atoms with Gasteiger partial charge in [0.2, 0.25) is 5.91 Å². The second-order valence-electron chi connectivity index (χ2n) is 3.46. The highest BCUT2D eigenvalue weighted by molar-refractivity contribution is 9.10. The molecule has 16 heavy (non-hydrogen) atoms. The van der Waals surface area contributed by atoms with Crippen LogP contribution >= 0.6 is 15.9 Å². The number of nitrogens with two attached hydrogens (primary N) is 1. The van der Waals surface area contributed by atoms with Gasteiger partial charge in [0.25, 0.3) is 0 Å². The van der Waals surface area contributed by atoms with Gasteiger partial charge in [-0.3, -0.25) is 4.79 Å². The molecule has 1 atom stereocenters. The zero-order valence-corrected chi connectivity index (χ0v) is 10.9. The van der Waals surface area contributed by atoms with Crippen molar-refractivity contribution in [3.63, 3.8) is 0 Å². The smallest absolute Gasteiger partial charge is 0.243 e. The van der Waals surface area contributed by atoms with E-state index in [9.17, 15) is 4.79 Å². The molecule has 1 rings (SSSR count). The van der Waals surface area contributed by atoms with Crippen LogP contribution in [-0.4, -0.2) is 25.7 Å². The summed E-state index contributed by atoms with van der Waals surface area (Å²) in [6.45, 7) is 2.13. The molecule has 0 spiro atoms. The SMILES string of the molecule is COCC(N)C(=O)Nc1cccc(Br)c1C. The van der Waals surface area contributed by atoms with E-state index >= 15 is 0 Å². The number of anilines is 1. The number of halogens is 1. The minimum atomic E-state index is -0.650. The molecule has 0 saturated carbocycles. The fraction of sp³-hybridized carbons (Fsp3) is 0.364. The molecule has 0 aliphatic carbocycles. The highest BCUT2D eigenvalue weighted by Gasteiger charge is 2.14. The van der Waals surface area contributed by atoms with Crippen LogP contribution in [0.3, 0.4) is 0 Å². The predicted molar refractivity (Wildman–Crippen MR) is 67.4 cm³/mol. The first kappa shape index (κ1) is 13.2. The van der Waals surface area contributed by atoms with Crippen molar-refractivity contribution in [3.8, 4) is 0 Å². The summed E-state index contributed by atoms with van der Waals surface area (Å²) in [7, 11) is 1.51. The lowest BCUT2D eigenvalue weighted by Gasteiger charge is -2.13. The van der Waals surface area contributed by atoms with Gasteiger partial charge in [-0.25, -0.2) is 0 Å². The third-order valence-electron chi connectivity index (χ3n) is 2.21. The van der Waals surface area contributed by atoms with Crippen molar-refractivity contribution in [1.82, 2.24) is 0 Å². The number of carbonyl (C=O) groups excluding carboxylic acids is 1. The van der Waals surface area contributed by atoms with Gasteiger partial charge in [0.05, 0.1) is 6.61 Å². The van der Waals surface area contributed by atoms with E-state index in [0.717, 1.165) is 15.7 Å². The van der Waals surface area contributed by atoms with Gasteiger partial charge in [0.1, 0.15) is 6.04 Å². The van der Waals surface area contributed by atoms with Crippen LogP contribution in [0.25, 0.3) is 0 Å². The second-order valence-corrected chi connectivity index (χ2v) is 4.32. The fourth-order valence-electron chi connectivity index (χ4n) is 1.22. The molecule has 0 aromatic heterocycles. The predicted octanol–water partition coefficient (Wildman–Crippen LogP) is 1.67. The maximum atomic E-state index is 11.6. The monoisotopic (exact) mass is 286 g/mol. The van der Waals surface area contributed by atoms with Crippen LogP contribution in [0, 0.1) is 6.92 Å². The lowest BCUT2D eigenvalue weighted by molar-refractivity contribution is -0.118. The molecule has 0 heterocycles. The summed E-state index contributed by atoms with van der Waals surface area (Å²) in [6.07, 6.45) is 0. The molecule has 0 aliphatic rings. The van der Waals surface area contributed by atoms with E-state index in [1.54, 1.807) is 0 Å². The van der Waals surface area contributed by atoms with Crippen molar-refractivity contribution >= 4 is 27.5 Å². The summed E-state index contributed by atoms with van der Waals surface area (Å²) in [6, 6.07) is 4.95. The van der Waals surface area contributed by atoms with Gasteiger partial charge in [-0.05, 0) is 24.6 Å². The number of rotatable bonds is 4. The summed E-state index contributed by atoms with van der Waals surface area (Å²) in [5.41, 5.74) is 7.34. The first-order valence-electron chi connectivity index (χ1n) is 4.86. The second kappa shape index (κ2) is 5.98. The molecule has 5 heteroatoms. The molecule has 1 aromatic carbocycles. The maximum absolute atomic E-state index is 11.6. The van der Waals surface area contributed by atoms with Crippen molar-refractivity contribution in [2.75, 3.05) is 19.0 Å². The Hall–Kier alpha value is -0.910. The highest BCUT2D eigenvalue weighted by Crippen LogP contribution is 2.23. The van der Waals surface area contributed by atoms with Crippen LogP contribution in [0.4, 0.5) is 5.69 Å². The molecule has 3 N–H and O–H groups in total. The minimum absolute atomic E-state index is 0.207. The van der Waals surface area contributed by atoms with Crippen molar-refractivity contribution in [1.29, 1.82) is 0 Å². The average Bonchev–Trinajstić information content (AvgIpc) is 2.25. The van der Waals surface area contributed by atoms with Crippen LogP contribution < -0.4 is 11.1 Å². The molecular weight excluding hydrogens is 272 g/mol. The third kappa shape index (κ3) is 3.30. The van der Waals surface area contributed by atoms with Crippen molar-refractivity contribution in [3.05, 3.63) is 28.2 Å². The Morgan fingerprint density at radius 2 is 2.31 bits per heavy atom. The normalized spacial score (nSPS) is 12.2. The first-order chi connectivity index (χ1) is 7.56. The summed E-state index contributed by atoms with van der Waals surface area (Å²) in [5.74, 6) is -0.247. The van der Waals surface area contributed by atoms with Crippen LogP contribution in [0.5, 0.6) is 0 Å². The lowest BCUT2D eigenvalue weighted by Crippen LogP contribution is -2.39. The van der Waals surface area contributed by atoms with E-state index in [1.165, 1.54) is 7.11 Å². The van der Waals surface area contributed by atoms with E-state index in [-0.39, 0.29) is 12.5 Å². The summed E-state index contributed by atoms with van der Waals surface area (Å²) >= 11 is 3.40. The Labute approximate surface area is 103 Å². The number of hydrogen-bond donors (Lipinski definition) is 2. The molecule has 1 aromatic rings. The number of hydrogen-bond acceptors (Lipinski definition) is 3. The van der Waals surface area contributed by atoms with Crippen LogP contribution in [0.2, 0.25) is 0 Å². The van der Waals surface area contributed by atoms with Crippen LogP contribution in [-0.2, 0) is 9.53 Å². The van der Waals surface area contributed by atoms with Crippen LogP contribution in [0.1, 0.15) is 5.56 Å². The van der Waals surface area contributed by atoms with E-state index in [0.29, 0.717) is 0 Å². The Balaban J connectivity index is 2.73. The molecule has 1 unspecified atom stereocenters. The van der Waals surface area contributed by atoms with Gasteiger partial charge in [-0.2, -0.15) is 0 Å². The Kier molecular flexibility index (Phi) is 4.92. The number of benzene rings is 1. The minimum Gasteiger partial charge on any atom is -0.383 e. The van der Waals surface area contributed by atoms with E-state index in [2.05, 4.69) is 21.2 Å². The Morgan fingerprint density at radius 3 is 2.94 bits per heavy atom. The molecule has 4 nitrogen and oxygen atoms in total. The topological polar surface area (TPSA) is 64.3 Å². The molecule has 0 saturated heterocycles. The Morgan fingerprint density at radius 1 is 1.62 bits per heavy atom. The van der Waals surface area contributed by atoms with Crippen molar-refractivity contribution in [2.24, 2.45) is 5.73 Å². The number of nitrogens with one attached hydrogen (secondary N) is 1. The standard InChI is InChI=1S/C11H15BrN2O2/c1-7-8(12)4-3-5-10(7)14-11(15)9(13)6-16-2/h3-5,9H,6,13H2,1-2H3,(H,14,15). The molecule has 0 bridgehead atoms. The van der Waals surface area contributed by atoms with Gasteiger partial charge >= 0.3 is 0 Å². The number of carbonyl (C=O) groups is 1. The molecule has 0 radical (unpaired) electrons. The van der Waals surface area contributed by atoms with E-state index in [4.69, 9.17) is 10.5 Å². The number of ether oxygens (including phenoxy) is 1. The molecule has 0 aliphatic heterocycles. The van der Waals surface area contributed by atoms with Crippen molar-refractivity contribution < 1.29 is 9.53 Å². The fourth-order valence-corrected chi connectivity index (χ4v) is 1.59. The summed E-state index contributed by atoms with van der Waals surface area (Å²) in [5, 5.41) is 2.76. The van der Waals surface area contributed by atoms with E-state index < -0.39 is 6.04 Å². The van der Waals surface area contributed by atoms with Gasteiger partial charge in [0, 0.05) is 17.3 Å². The molecule has 88 valence electrons. The number of methoxy groups -OCH3 is 1. The third-order valence-corrected chi connectivity index (χ3v) is 3.07. The molecule has 1 amide bonds. The first-order valence-corrected chi connectivity index (χ1v) is 5.66. The summed E-state index contributed by atoms with van der Waals surface area (Å²) < 4.78 is 5.77. The summed E-state index contributed by atoms with van der Waals surface area (Å²) in [4.78, 5) is 11.6. The van der Waals surface area contributed by atoms with Gasteiger partial charge in [-0.15, -0.1) is 0 Å². The van der Waals surface area contributed by atoms with Gasteiger partial charge < -0.3 is 15.8 Å². The van der Waals surface area contributed by atoms with Gasteiger partial charge in [-0.1, -0.05) is 22.0 Å². The highest BCUT2D eigenvalue weighted by atomic mass is 79.9. The van der Waals surface area contributed by atoms with Crippen molar-refractivity contribution in [2.45, 2.75) is 13.0 Å². The Bertz CT molecular complexity index is 382. The van der Waals surface area contributed by atoms with Crippen LogP contribution in [0.15, 0.2) is 22.7 Å². The lowest BCUT2D eigenvalue weighted by atomic mass is 10.2. The molecule has 0 fully saturated rings. The average molecular weight is 287 g/mol. The maximum Gasteiger partial charge on any atom is 0.243 e. The zero-order chi connectivity index (χ0) is 12.1. The zero-order valence-electron chi connectivity index (χ0n) is 9.29. The van der Waals surface area contributed by atoms with E-state index in [1.807, 2.05) is 25.1 Å². The van der Waals surface area contributed by atoms with Gasteiger partial charge in [0.15, 0.2) is 0 Å².